The van der Waals surface area contributed by atoms with E-state index >= 15 is 0 Å². The summed E-state index contributed by atoms with van der Waals surface area (Å²) in [6, 6.07) is 10.9. The molecule has 0 bridgehead atoms. The Morgan fingerprint density at radius 2 is 1.74 bits per heavy atom. The number of carbonyl (C=O) groups is 1. The lowest BCUT2D eigenvalue weighted by molar-refractivity contribution is -0.143. The normalized spacial score (nSPS) is 19.0. The highest BCUT2D eigenvalue weighted by molar-refractivity contribution is 5.79. The summed E-state index contributed by atoms with van der Waals surface area (Å²) < 4.78 is 8.21. The second-order valence-corrected chi connectivity index (χ2v) is 8.17. The molecule has 31 heavy (non-hydrogen) atoms. The van der Waals surface area contributed by atoms with E-state index in [4.69, 9.17) is 4.74 Å². The zero-order chi connectivity index (χ0) is 22.1. The van der Waals surface area contributed by atoms with E-state index in [9.17, 15) is 14.4 Å². The number of carbonyl (C=O) groups excluding carboxylic acids is 1. The lowest BCUT2D eigenvalue weighted by Crippen LogP contribution is -2.50. The molecule has 1 aliphatic rings. The van der Waals surface area contributed by atoms with Crippen LogP contribution in [0.15, 0.2) is 52.2 Å². The van der Waals surface area contributed by atoms with Crippen molar-refractivity contribution in [3.63, 3.8) is 0 Å². The van der Waals surface area contributed by atoms with Crippen LogP contribution in [0.1, 0.15) is 25.0 Å². The molecule has 3 aromatic rings. The van der Waals surface area contributed by atoms with E-state index in [1.165, 1.54) is 10.8 Å². The van der Waals surface area contributed by atoms with Gasteiger partial charge in [0.05, 0.1) is 24.3 Å². The molecule has 1 aliphatic heterocycles. The van der Waals surface area contributed by atoms with E-state index in [-0.39, 0.29) is 36.7 Å². The first-order valence-corrected chi connectivity index (χ1v) is 10.4. The van der Waals surface area contributed by atoms with Crippen molar-refractivity contribution in [2.75, 3.05) is 13.1 Å². The van der Waals surface area contributed by atoms with Crippen LogP contribution in [-0.2, 0) is 22.6 Å². The molecule has 3 heterocycles. The van der Waals surface area contributed by atoms with Gasteiger partial charge in [-0.15, -0.1) is 0 Å². The lowest BCUT2D eigenvalue weighted by atomic mass is 10.1. The number of nitrogens with zero attached hydrogens (tertiary/aromatic N) is 4. The predicted molar refractivity (Wildman–Crippen MR) is 117 cm³/mol. The number of ether oxygens (including phenoxy) is 1. The van der Waals surface area contributed by atoms with Gasteiger partial charge in [0.1, 0.15) is 6.54 Å². The standard InChI is InChI=1S/C23H26N4O4/c1-15-6-8-18(9-7-15)13-27-22(29)21-19(5-4-10-24-21)26(23(27)30)14-20(28)25-11-16(2)31-17(3)12-25/h4-10,16-17H,11-14H2,1-3H3. The van der Waals surface area contributed by atoms with Crippen molar-refractivity contribution in [3.8, 4) is 0 Å². The highest BCUT2D eigenvalue weighted by atomic mass is 16.5. The molecule has 4 rings (SSSR count). The van der Waals surface area contributed by atoms with Crippen molar-refractivity contribution in [2.45, 2.75) is 46.1 Å². The molecule has 8 heteroatoms. The molecule has 0 N–H and O–H groups in total. The summed E-state index contributed by atoms with van der Waals surface area (Å²) in [6.07, 6.45) is 1.37. The Balaban J connectivity index is 1.75. The maximum Gasteiger partial charge on any atom is 0.332 e. The van der Waals surface area contributed by atoms with E-state index in [0.717, 1.165) is 15.7 Å². The zero-order valence-electron chi connectivity index (χ0n) is 17.9. The highest BCUT2D eigenvalue weighted by Crippen LogP contribution is 2.13. The van der Waals surface area contributed by atoms with Crippen LogP contribution < -0.4 is 11.2 Å². The third-order valence-electron chi connectivity index (χ3n) is 5.51. The van der Waals surface area contributed by atoms with Gasteiger partial charge in [-0.1, -0.05) is 29.8 Å². The van der Waals surface area contributed by atoms with Gasteiger partial charge in [0.2, 0.25) is 5.91 Å². The molecule has 2 unspecified atom stereocenters. The molecule has 0 radical (unpaired) electrons. The van der Waals surface area contributed by atoms with Gasteiger partial charge in [0, 0.05) is 19.3 Å². The summed E-state index contributed by atoms with van der Waals surface area (Å²) in [4.78, 5) is 45.3. The van der Waals surface area contributed by atoms with Crippen LogP contribution in [0.2, 0.25) is 0 Å². The molecular weight excluding hydrogens is 396 g/mol. The molecule has 0 saturated carbocycles. The van der Waals surface area contributed by atoms with Crippen LogP contribution in [0.4, 0.5) is 0 Å². The van der Waals surface area contributed by atoms with Crippen LogP contribution in [0.5, 0.6) is 0 Å². The van der Waals surface area contributed by atoms with Crippen molar-refractivity contribution in [3.05, 3.63) is 74.6 Å². The Bertz CT molecular complexity index is 1220. The zero-order valence-corrected chi connectivity index (χ0v) is 17.9. The van der Waals surface area contributed by atoms with Crippen LogP contribution in [-0.4, -0.2) is 50.2 Å². The quantitative estimate of drug-likeness (QED) is 0.637. The molecule has 2 aromatic heterocycles. The van der Waals surface area contributed by atoms with Gasteiger partial charge in [-0.05, 0) is 38.5 Å². The molecule has 1 aromatic carbocycles. The predicted octanol–water partition coefficient (Wildman–Crippen LogP) is 1.55. The molecule has 8 nitrogen and oxygen atoms in total. The number of aryl methyl sites for hydroxylation is 1. The number of hydrogen-bond acceptors (Lipinski definition) is 5. The summed E-state index contributed by atoms with van der Waals surface area (Å²) in [5, 5.41) is 0. The number of hydrogen-bond donors (Lipinski definition) is 0. The minimum atomic E-state index is -0.520. The summed E-state index contributed by atoms with van der Waals surface area (Å²) in [7, 11) is 0. The molecule has 0 aliphatic carbocycles. The fourth-order valence-corrected chi connectivity index (χ4v) is 4.03. The first-order chi connectivity index (χ1) is 14.8. The van der Waals surface area contributed by atoms with Crippen molar-refractivity contribution in [2.24, 2.45) is 0 Å². The van der Waals surface area contributed by atoms with Crippen LogP contribution >= 0.6 is 0 Å². The van der Waals surface area contributed by atoms with Crippen molar-refractivity contribution in [1.29, 1.82) is 0 Å². The minimum absolute atomic E-state index is 0.0710. The van der Waals surface area contributed by atoms with Crippen LogP contribution in [0, 0.1) is 6.92 Å². The van der Waals surface area contributed by atoms with Gasteiger partial charge in [0.15, 0.2) is 5.52 Å². The topological polar surface area (TPSA) is 86.4 Å². The summed E-state index contributed by atoms with van der Waals surface area (Å²) >= 11 is 0. The number of rotatable bonds is 4. The molecule has 2 atom stereocenters. The fraction of sp³-hybridized carbons (Fsp3) is 0.391. The molecule has 1 saturated heterocycles. The largest absolute Gasteiger partial charge is 0.372 e. The van der Waals surface area contributed by atoms with E-state index in [2.05, 4.69) is 4.98 Å². The summed E-state index contributed by atoms with van der Waals surface area (Å²) in [6.45, 7) is 6.71. The molecule has 1 amide bonds. The average molecular weight is 422 g/mol. The highest BCUT2D eigenvalue weighted by Gasteiger charge is 2.27. The van der Waals surface area contributed by atoms with E-state index in [1.54, 1.807) is 17.0 Å². The van der Waals surface area contributed by atoms with Gasteiger partial charge in [-0.25, -0.2) is 9.78 Å². The lowest BCUT2D eigenvalue weighted by Gasteiger charge is -2.35. The number of pyridine rings is 1. The van der Waals surface area contributed by atoms with Gasteiger partial charge in [0.25, 0.3) is 5.56 Å². The van der Waals surface area contributed by atoms with Gasteiger partial charge in [-0.2, -0.15) is 0 Å². The van der Waals surface area contributed by atoms with E-state index < -0.39 is 11.2 Å². The number of benzene rings is 1. The Labute approximate surface area is 179 Å². The summed E-state index contributed by atoms with van der Waals surface area (Å²) in [5.74, 6) is -0.185. The monoisotopic (exact) mass is 422 g/mol. The van der Waals surface area contributed by atoms with Gasteiger partial charge < -0.3 is 9.64 Å². The van der Waals surface area contributed by atoms with Crippen molar-refractivity contribution >= 4 is 16.9 Å². The SMILES string of the molecule is Cc1ccc(Cn2c(=O)c3ncccc3n(CC(=O)N3CC(C)OC(C)C3)c2=O)cc1. The Kier molecular flexibility index (Phi) is 5.73. The second-order valence-electron chi connectivity index (χ2n) is 8.17. The first-order valence-electron chi connectivity index (χ1n) is 10.4. The minimum Gasteiger partial charge on any atom is -0.372 e. The van der Waals surface area contributed by atoms with E-state index in [1.807, 2.05) is 45.0 Å². The maximum atomic E-state index is 13.3. The smallest absolute Gasteiger partial charge is 0.332 e. The maximum absolute atomic E-state index is 13.3. The van der Waals surface area contributed by atoms with Crippen molar-refractivity contribution < 1.29 is 9.53 Å². The van der Waals surface area contributed by atoms with Crippen LogP contribution in [0.3, 0.4) is 0 Å². The Hall–Kier alpha value is -3.26. The number of amides is 1. The van der Waals surface area contributed by atoms with Crippen LogP contribution in [0.25, 0.3) is 11.0 Å². The molecular formula is C23H26N4O4. The third kappa shape index (κ3) is 4.29. The Morgan fingerprint density at radius 3 is 2.42 bits per heavy atom. The summed E-state index contributed by atoms with van der Waals surface area (Å²) in [5.41, 5.74) is 1.47. The fourth-order valence-electron chi connectivity index (χ4n) is 4.03. The van der Waals surface area contributed by atoms with Crippen molar-refractivity contribution in [1.82, 2.24) is 19.0 Å². The second kappa shape index (κ2) is 8.47. The number of aromatic nitrogens is 3. The van der Waals surface area contributed by atoms with Gasteiger partial charge >= 0.3 is 5.69 Å². The molecule has 0 spiro atoms. The van der Waals surface area contributed by atoms with Gasteiger partial charge in [-0.3, -0.25) is 18.7 Å². The molecule has 162 valence electrons. The molecule has 1 fully saturated rings. The first kappa shape index (κ1) is 21.0. The Morgan fingerprint density at radius 1 is 1.06 bits per heavy atom. The van der Waals surface area contributed by atoms with E-state index in [0.29, 0.717) is 18.6 Å². The average Bonchev–Trinajstić information content (AvgIpc) is 2.74. The third-order valence-corrected chi connectivity index (χ3v) is 5.51. The number of morpholine rings is 1. The number of fused-ring (bicyclic) bond motifs is 1.